The van der Waals surface area contributed by atoms with Gasteiger partial charge in [0, 0.05) is 11.3 Å². The molecular formula is C12H13NO3. The van der Waals surface area contributed by atoms with Gasteiger partial charge in [0.1, 0.15) is 0 Å². The summed E-state index contributed by atoms with van der Waals surface area (Å²) in [6.45, 7) is 3.19. The Bertz CT molecular complexity index is 449. The van der Waals surface area contributed by atoms with Crippen LogP contribution in [0.25, 0.3) is 6.08 Å². The maximum atomic E-state index is 11.2. The van der Waals surface area contributed by atoms with Gasteiger partial charge in [-0.05, 0) is 32.1 Å². The number of hydrogen-bond acceptors (Lipinski definition) is 3. The van der Waals surface area contributed by atoms with Gasteiger partial charge in [-0.15, -0.1) is 0 Å². The molecule has 4 nitrogen and oxygen atoms in total. The van der Waals surface area contributed by atoms with Crippen LogP contribution in [0.4, 0.5) is 0 Å². The second-order valence-electron chi connectivity index (χ2n) is 3.50. The lowest BCUT2D eigenvalue weighted by atomic mass is 10.1. The quantitative estimate of drug-likeness (QED) is 0.784. The van der Waals surface area contributed by atoms with E-state index in [0.29, 0.717) is 5.69 Å². The summed E-state index contributed by atoms with van der Waals surface area (Å²) in [6.07, 6.45) is 1.24. The second-order valence-corrected chi connectivity index (χ2v) is 3.50. The SMILES string of the molecule is CC(=O)/C(=C/c1cccc(C)n1)CC(=O)O. The molecule has 0 unspecified atom stereocenters. The predicted molar refractivity (Wildman–Crippen MR) is 59.9 cm³/mol. The lowest BCUT2D eigenvalue weighted by Gasteiger charge is -2.00. The van der Waals surface area contributed by atoms with Crippen molar-refractivity contribution in [3.63, 3.8) is 0 Å². The van der Waals surface area contributed by atoms with Crippen molar-refractivity contribution in [3.8, 4) is 0 Å². The summed E-state index contributed by atoms with van der Waals surface area (Å²) < 4.78 is 0. The van der Waals surface area contributed by atoms with Crippen molar-refractivity contribution < 1.29 is 14.7 Å². The highest BCUT2D eigenvalue weighted by Crippen LogP contribution is 2.10. The fourth-order valence-electron chi connectivity index (χ4n) is 1.26. The van der Waals surface area contributed by atoms with Crippen LogP contribution in [0.15, 0.2) is 23.8 Å². The molecule has 4 heteroatoms. The Morgan fingerprint density at radius 3 is 2.62 bits per heavy atom. The number of rotatable bonds is 4. The molecule has 0 saturated carbocycles. The number of pyridine rings is 1. The Hall–Kier alpha value is -1.97. The van der Waals surface area contributed by atoms with Gasteiger partial charge in [0.25, 0.3) is 0 Å². The molecule has 1 N–H and O–H groups in total. The third kappa shape index (κ3) is 3.65. The first-order valence-corrected chi connectivity index (χ1v) is 4.86. The molecule has 0 aliphatic rings. The number of carboxylic acids is 1. The van der Waals surface area contributed by atoms with E-state index in [2.05, 4.69) is 4.98 Å². The molecule has 0 spiro atoms. The third-order valence-electron chi connectivity index (χ3n) is 2.03. The van der Waals surface area contributed by atoms with Crippen LogP contribution in [0, 0.1) is 6.92 Å². The molecule has 0 radical (unpaired) electrons. The van der Waals surface area contributed by atoms with E-state index in [0.717, 1.165) is 5.69 Å². The Balaban J connectivity index is 3.02. The fraction of sp³-hybridized carbons (Fsp3) is 0.250. The van der Waals surface area contributed by atoms with E-state index in [9.17, 15) is 9.59 Å². The molecule has 0 fully saturated rings. The molecular weight excluding hydrogens is 206 g/mol. The van der Waals surface area contributed by atoms with Crippen molar-refractivity contribution in [1.82, 2.24) is 4.98 Å². The summed E-state index contributed by atoms with van der Waals surface area (Å²) in [5, 5.41) is 8.65. The molecule has 0 atom stereocenters. The maximum absolute atomic E-state index is 11.2. The minimum Gasteiger partial charge on any atom is -0.481 e. The number of aryl methyl sites for hydroxylation is 1. The van der Waals surface area contributed by atoms with Gasteiger partial charge in [0.05, 0.1) is 12.1 Å². The number of nitrogens with zero attached hydrogens (tertiary/aromatic N) is 1. The van der Waals surface area contributed by atoms with Gasteiger partial charge in [-0.3, -0.25) is 14.6 Å². The van der Waals surface area contributed by atoms with Crippen LogP contribution in [0.5, 0.6) is 0 Å². The summed E-state index contributed by atoms with van der Waals surface area (Å²) >= 11 is 0. The molecule has 16 heavy (non-hydrogen) atoms. The minimum atomic E-state index is -1.02. The molecule has 0 aromatic carbocycles. The van der Waals surface area contributed by atoms with E-state index >= 15 is 0 Å². The van der Waals surface area contributed by atoms with Crippen molar-refractivity contribution in [3.05, 3.63) is 35.2 Å². The van der Waals surface area contributed by atoms with Crippen LogP contribution >= 0.6 is 0 Å². The largest absolute Gasteiger partial charge is 0.481 e. The number of carbonyl (C=O) groups is 2. The zero-order valence-corrected chi connectivity index (χ0v) is 9.23. The highest BCUT2D eigenvalue weighted by atomic mass is 16.4. The van der Waals surface area contributed by atoms with Gasteiger partial charge < -0.3 is 5.11 Å². The highest BCUT2D eigenvalue weighted by molar-refractivity contribution is 6.01. The van der Waals surface area contributed by atoms with E-state index in [1.165, 1.54) is 13.0 Å². The first-order valence-electron chi connectivity index (χ1n) is 4.86. The number of carboxylic acid groups (broad SMARTS) is 1. The third-order valence-corrected chi connectivity index (χ3v) is 2.03. The van der Waals surface area contributed by atoms with Gasteiger partial charge in [0.2, 0.25) is 0 Å². The summed E-state index contributed by atoms with van der Waals surface area (Å²) in [4.78, 5) is 25.9. The van der Waals surface area contributed by atoms with Crippen LogP contribution in [0.2, 0.25) is 0 Å². The first-order chi connectivity index (χ1) is 7.49. The van der Waals surface area contributed by atoms with E-state index in [1.54, 1.807) is 6.07 Å². The minimum absolute atomic E-state index is 0.245. The number of aromatic nitrogens is 1. The van der Waals surface area contributed by atoms with Crippen LogP contribution in [0.3, 0.4) is 0 Å². The molecule has 0 amide bonds. The average molecular weight is 219 g/mol. The van der Waals surface area contributed by atoms with Crippen molar-refractivity contribution in [2.24, 2.45) is 0 Å². The van der Waals surface area contributed by atoms with Crippen molar-refractivity contribution in [2.45, 2.75) is 20.3 Å². The monoisotopic (exact) mass is 219 g/mol. The maximum Gasteiger partial charge on any atom is 0.307 e. The molecule has 1 heterocycles. The zero-order chi connectivity index (χ0) is 12.1. The summed E-state index contributed by atoms with van der Waals surface area (Å²) in [5.74, 6) is -1.26. The van der Waals surface area contributed by atoms with Crippen LogP contribution in [-0.4, -0.2) is 21.8 Å². The Labute approximate surface area is 93.6 Å². The van der Waals surface area contributed by atoms with Crippen LogP contribution < -0.4 is 0 Å². The topological polar surface area (TPSA) is 67.3 Å². The fourth-order valence-corrected chi connectivity index (χ4v) is 1.26. The van der Waals surface area contributed by atoms with Gasteiger partial charge in [-0.2, -0.15) is 0 Å². The zero-order valence-electron chi connectivity index (χ0n) is 9.23. The van der Waals surface area contributed by atoms with Crippen molar-refractivity contribution >= 4 is 17.8 Å². The normalized spacial score (nSPS) is 11.2. The average Bonchev–Trinajstić information content (AvgIpc) is 2.15. The lowest BCUT2D eigenvalue weighted by Crippen LogP contribution is -2.04. The van der Waals surface area contributed by atoms with Crippen molar-refractivity contribution in [1.29, 1.82) is 0 Å². The van der Waals surface area contributed by atoms with Crippen LogP contribution in [-0.2, 0) is 9.59 Å². The van der Waals surface area contributed by atoms with E-state index < -0.39 is 5.97 Å². The molecule has 0 bridgehead atoms. The Morgan fingerprint density at radius 2 is 2.12 bits per heavy atom. The van der Waals surface area contributed by atoms with E-state index in [-0.39, 0.29) is 17.8 Å². The van der Waals surface area contributed by atoms with Gasteiger partial charge in [-0.1, -0.05) is 6.07 Å². The van der Waals surface area contributed by atoms with Gasteiger partial charge >= 0.3 is 5.97 Å². The smallest absolute Gasteiger partial charge is 0.307 e. The number of carbonyl (C=O) groups excluding carboxylic acids is 1. The number of aliphatic carboxylic acids is 1. The summed E-state index contributed by atoms with van der Waals surface area (Å²) in [5.41, 5.74) is 1.68. The number of ketones is 1. The number of hydrogen-bond donors (Lipinski definition) is 1. The lowest BCUT2D eigenvalue weighted by molar-refractivity contribution is -0.136. The summed E-state index contributed by atoms with van der Waals surface area (Å²) in [7, 11) is 0. The molecule has 0 aliphatic carbocycles. The van der Waals surface area contributed by atoms with E-state index in [4.69, 9.17) is 5.11 Å². The van der Waals surface area contributed by atoms with Gasteiger partial charge in [0.15, 0.2) is 5.78 Å². The molecule has 0 aliphatic heterocycles. The molecule has 0 saturated heterocycles. The Kier molecular flexibility index (Phi) is 3.94. The van der Waals surface area contributed by atoms with E-state index in [1.807, 2.05) is 19.1 Å². The molecule has 1 aromatic heterocycles. The molecule has 84 valence electrons. The van der Waals surface area contributed by atoms with Crippen molar-refractivity contribution in [2.75, 3.05) is 0 Å². The number of Topliss-reactive ketones (excluding diaryl/α,β-unsaturated/α-hetero) is 1. The summed E-state index contributed by atoms with van der Waals surface area (Å²) in [6, 6.07) is 5.38. The van der Waals surface area contributed by atoms with Gasteiger partial charge in [-0.25, -0.2) is 0 Å². The van der Waals surface area contributed by atoms with Crippen LogP contribution in [0.1, 0.15) is 24.7 Å². The second kappa shape index (κ2) is 5.21. The predicted octanol–water partition coefficient (Wildman–Crippen LogP) is 1.84. The molecule has 1 rings (SSSR count). The standard InChI is InChI=1S/C12H13NO3/c1-8-4-3-5-11(13-8)6-10(9(2)14)7-12(15)16/h3-6H,7H2,1-2H3,(H,15,16)/b10-6+. The first kappa shape index (κ1) is 12.1. The molecule has 1 aromatic rings. The Morgan fingerprint density at radius 1 is 1.44 bits per heavy atom. The highest BCUT2D eigenvalue weighted by Gasteiger charge is 2.09.